The summed E-state index contributed by atoms with van der Waals surface area (Å²) in [5.41, 5.74) is 0. The first-order valence-electron chi connectivity index (χ1n) is 4.53. The number of carbonyl (C=O) groups is 2. The molecular formula is C10H10N2O3. The van der Waals surface area contributed by atoms with Gasteiger partial charge in [-0.15, -0.1) is 0 Å². The van der Waals surface area contributed by atoms with E-state index < -0.39 is 0 Å². The molecule has 2 rings (SSSR count). The normalized spacial score (nSPS) is 15.9. The lowest BCUT2D eigenvalue weighted by molar-refractivity contribution is -0.121. The van der Waals surface area contributed by atoms with E-state index in [4.69, 9.17) is 4.74 Å². The standard InChI is InChI=1S/C10H10N2O3/c1-15-8-3-2-4-11-10(8)12-6-7(13)5-9(12)14/h2-4H,5-6H2,1H3. The van der Waals surface area contributed by atoms with Crippen molar-refractivity contribution in [2.24, 2.45) is 0 Å². The Morgan fingerprint density at radius 3 is 2.87 bits per heavy atom. The van der Waals surface area contributed by atoms with Crippen LogP contribution in [0.5, 0.6) is 5.75 Å². The molecule has 1 aliphatic heterocycles. The van der Waals surface area contributed by atoms with Gasteiger partial charge in [0.25, 0.3) is 0 Å². The van der Waals surface area contributed by atoms with Crippen LogP contribution >= 0.6 is 0 Å². The third kappa shape index (κ3) is 1.68. The number of nitrogens with zero attached hydrogens (tertiary/aromatic N) is 2. The van der Waals surface area contributed by atoms with Gasteiger partial charge in [-0.3, -0.25) is 14.5 Å². The Morgan fingerprint density at radius 2 is 2.27 bits per heavy atom. The molecule has 0 bridgehead atoms. The summed E-state index contributed by atoms with van der Waals surface area (Å²) >= 11 is 0. The highest BCUT2D eigenvalue weighted by Crippen LogP contribution is 2.27. The molecule has 0 radical (unpaired) electrons. The molecule has 15 heavy (non-hydrogen) atoms. The first kappa shape index (κ1) is 9.64. The third-order valence-corrected chi connectivity index (χ3v) is 2.21. The fourth-order valence-electron chi connectivity index (χ4n) is 1.52. The number of methoxy groups -OCH3 is 1. The molecule has 1 saturated heterocycles. The van der Waals surface area contributed by atoms with Gasteiger partial charge < -0.3 is 4.74 Å². The van der Waals surface area contributed by atoms with Gasteiger partial charge in [0.1, 0.15) is 0 Å². The van der Waals surface area contributed by atoms with E-state index in [0.717, 1.165) is 0 Å². The molecule has 5 heteroatoms. The van der Waals surface area contributed by atoms with Crippen molar-refractivity contribution >= 4 is 17.5 Å². The summed E-state index contributed by atoms with van der Waals surface area (Å²) in [4.78, 5) is 28.0. The highest BCUT2D eigenvalue weighted by molar-refractivity contribution is 6.15. The number of amides is 1. The zero-order valence-electron chi connectivity index (χ0n) is 8.27. The summed E-state index contributed by atoms with van der Waals surface area (Å²) in [5.74, 6) is 0.598. The number of pyridine rings is 1. The van der Waals surface area contributed by atoms with Gasteiger partial charge in [0, 0.05) is 6.20 Å². The molecule has 1 amide bonds. The van der Waals surface area contributed by atoms with Gasteiger partial charge in [-0.05, 0) is 12.1 Å². The van der Waals surface area contributed by atoms with Crippen LogP contribution in [0.25, 0.3) is 0 Å². The number of Topliss-reactive ketones (excluding diaryl/α,β-unsaturated/α-hetero) is 1. The lowest BCUT2D eigenvalue weighted by Crippen LogP contribution is -2.26. The van der Waals surface area contributed by atoms with Crippen molar-refractivity contribution in [2.75, 3.05) is 18.6 Å². The molecule has 0 spiro atoms. The van der Waals surface area contributed by atoms with E-state index in [9.17, 15) is 9.59 Å². The minimum Gasteiger partial charge on any atom is -0.493 e. The minimum atomic E-state index is -0.225. The van der Waals surface area contributed by atoms with Gasteiger partial charge in [-0.25, -0.2) is 4.98 Å². The SMILES string of the molecule is COc1cccnc1N1CC(=O)CC1=O. The van der Waals surface area contributed by atoms with Crippen LogP contribution in [-0.4, -0.2) is 30.3 Å². The Labute approximate surface area is 86.7 Å². The molecule has 78 valence electrons. The van der Waals surface area contributed by atoms with Gasteiger partial charge in [0.05, 0.1) is 20.1 Å². The minimum absolute atomic E-state index is 0.0419. The number of rotatable bonds is 2. The van der Waals surface area contributed by atoms with Gasteiger partial charge in [-0.2, -0.15) is 0 Å². The summed E-state index contributed by atoms with van der Waals surface area (Å²) in [7, 11) is 1.50. The van der Waals surface area contributed by atoms with Crippen LogP contribution in [0.4, 0.5) is 5.82 Å². The average molecular weight is 206 g/mol. The number of ether oxygens (including phenoxy) is 1. The van der Waals surface area contributed by atoms with E-state index in [0.29, 0.717) is 11.6 Å². The van der Waals surface area contributed by atoms with Crippen molar-refractivity contribution in [1.29, 1.82) is 0 Å². The number of anilines is 1. The fourth-order valence-corrected chi connectivity index (χ4v) is 1.52. The quantitative estimate of drug-likeness (QED) is 0.657. The topological polar surface area (TPSA) is 59.5 Å². The number of hydrogen-bond donors (Lipinski definition) is 0. The fraction of sp³-hybridized carbons (Fsp3) is 0.300. The molecule has 5 nitrogen and oxygen atoms in total. The summed E-state index contributed by atoms with van der Waals surface area (Å²) in [6.07, 6.45) is 1.52. The number of aromatic nitrogens is 1. The first-order chi connectivity index (χ1) is 7.22. The molecule has 0 atom stereocenters. The third-order valence-electron chi connectivity index (χ3n) is 2.21. The lowest BCUT2D eigenvalue weighted by Gasteiger charge is -2.15. The van der Waals surface area contributed by atoms with Crippen LogP contribution in [0, 0.1) is 0 Å². The maximum absolute atomic E-state index is 11.5. The van der Waals surface area contributed by atoms with Gasteiger partial charge in [0.2, 0.25) is 5.91 Å². The zero-order valence-corrected chi connectivity index (χ0v) is 8.27. The second-order valence-electron chi connectivity index (χ2n) is 3.22. The van der Waals surface area contributed by atoms with Crippen LogP contribution in [0.1, 0.15) is 6.42 Å². The van der Waals surface area contributed by atoms with Crippen molar-refractivity contribution in [3.8, 4) is 5.75 Å². The van der Waals surface area contributed by atoms with E-state index >= 15 is 0 Å². The molecule has 0 aromatic carbocycles. The predicted molar refractivity (Wildman–Crippen MR) is 52.8 cm³/mol. The first-order valence-corrected chi connectivity index (χ1v) is 4.53. The molecule has 0 N–H and O–H groups in total. The predicted octanol–water partition coefficient (Wildman–Crippen LogP) is 0.396. The van der Waals surface area contributed by atoms with Gasteiger partial charge >= 0.3 is 0 Å². The lowest BCUT2D eigenvalue weighted by atomic mass is 10.3. The molecule has 0 aliphatic carbocycles. The Kier molecular flexibility index (Phi) is 2.37. The van der Waals surface area contributed by atoms with Crippen LogP contribution in [0.15, 0.2) is 18.3 Å². The van der Waals surface area contributed by atoms with Crippen molar-refractivity contribution in [1.82, 2.24) is 4.98 Å². The Hall–Kier alpha value is -1.91. The maximum Gasteiger partial charge on any atom is 0.236 e. The van der Waals surface area contributed by atoms with E-state index in [2.05, 4.69) is 4.98 Å². The summed E-state index contributed by atoms with van der Waals surface area (Å²) in [5, 5.41) is 0. The van der Waals surface area contributed by atoms with Gasteiger partial charge in [0.15, 0.2) is 17.4 Å². The molecule has 1 aromatic rings. The monoisotopic (exact) mass is 206 g/mol. The van der Waals surface area contributed by atoms with Crippen LogP contribution in [-0.2, 0) is 9.59 Å². The number of carbonyl (C=O) groups excluding carboxylic acids is 2. The summed E-state index contributed by atoms with van der Waals surface area (Å²) < 4.78 is 5.07. The smallest absolute Gasteiger partial charge is 0.236 e. The molecular weight excluding hydrogens is 196 g/mol. The summed E-state index contributed by atoms with van der Waals surface area (Å²) in [6.45, 7) is 0.0895. The summed E-state index contributed by atoms with van der Waals surface area (Å²) in [6, 6.07) is 3.42. The Morgan fingerprint density at radius 1 is 1.47 bits per heavy atom. The van der Waals surface area contributed by atoms with E-state index in [1.54, 1.807) is 18.3 Å². The molecule has 1 fully saturated rings. The van der Waals surface area contributed by atoms with Crippen molar-refractivity contribution in [3.05, 3.63) is 18.3 Å². The van der Waals surface area contributed by atoms with Crippen LogP contribution < -0.4 is 9.64 Å². The van der Waals surface area contributed by atoms with Crippen molar-refractivity contribution in [3.63, 3.8) is 0 Å². The number of ketones is 1. The van der Waals surface area contributed by atoms with E-state index in [1.807, 2.05) is 0 Å². The van der Waals surface area contributed by atoms with E-state index in [-0.39, 0.29) is 24.7 Å². The highest BCUT2D eigenvalue weighted by Gasteiger charge is 2.31. The largest absolute Gasteiger partial charge is 0.493 e. The zero-order chi connectivity index (χ0) is 10.8. The van der Waals surface area contributed by atoms with Crippen molar-refractivity contribution in [2.45, 2.75) is 6.42 Å². The molecule has 0 unspecified atom stereocenters. The van der Waals surface area contributed by atoms with Crippen LogP contribution in [0.2, 0.25) is 0 Å². The Bertz CT molecular complexity index is 417. The van der Waals surface area contributed by atoms with Gasteiger partial charge in [-0.1, -0.05) is 0 Å². The second kappa shape index (κ2) is 3.68. The second-order valence-corrected chi connectivity index (χ2v) is 3.22. The maximum atomic E-state index is 11.5. The van der Waals surface area contributed by atoms with Crippen molar-refractivity contribution < 1.29 is 14.3 Å². The number of hydrogen-bond acceptors (Lipinski definition) is 4. The molecule has 1 aliphatic rings. The van der Waals surface area contributed by atoms with Crippen LogP contribution in [0.3, 0.4) is 0 Å². The molecule has 1 aromatic heterocycles. The molecule has 0 saturated carbocycles. The van der Waals surface area contributed by atoms with E-state index in [1.165, 1.54) is 12.0 Å². The molecule has 2 heterocycles. The Balaban J connectivity index is 2.37. The average Bonchev–Trinajstić information content (AvgIpc) is 2.57. The highest BCUT2D eigenvalue weighted by atomic mass is 16.5.